The van der Waals surface area contributed by atoms with E-state index in [1.165, 1.54) is 24.3 Å². The molecule has 0 bridgehead atoms. The molecule has 0 unspecified atom stereocenters. The lowest BCUT2D eigenvalue weighted by molar-refractivity contribution is 0.0979. The summed E-state index contributed by atoms with van der Waals surface area (Å²) in [6.07, 6.45) is -0.232. The Balaban J connectivity index is 2.30. The summed E-state index contributed by atoms with van der Waals surface area (Å²) >= 11 is 0. The van der Waals surface area contributed by atoms with Gasteiger partial charge < -0.3 is 14.0 Å². The van der Waals surface area contributed by atoms with E-state index >= 15 is 0 Å². The summed E-state index contributed by atoms with van der Waals surface area (Å²) in [6, 6.07) is 11.1. The van der Waals surface area contributed by atoms with Crippen LogP contribution in [0.25, 0.3) is 5.76 Å². The fourth-order valence-electron chi connectivity index (χ4n) is 2.78. The number of hydrogen-bond donors (Lipinski definition) is 0. The van der Waals surface area contributed by atoms with Crippen molar-refractivity contribution >= 4 is 19.5 Å². The number of ether oxygens (including phenoxy) is 2. The molecule has 0 aliphatic rings. The number of methoxy groups -OCH3 is 2. The Morgan fingerprint density at radius 3 is 2.12 bits per heavy atom. The Hall–Kier alpha value is -2.63. The van der Waals surface area contributed by atoms with Crippen molar-refractivity contribution in [1.29, 1.82) is 0 Å². The van der Waals surface area contributed by atoms with Crippen molar-refractivity contribution in [3.63, 3.8) is 0 Å². The molecular weight excluding hydrogens is 448 g/mol. The number of halogens is 1. The average molecular weight is 479 g/mol. The topological polar surface area (TPSA) is 75.6 Å². The van der Waals surface area contributed by atoms with E-state index < -0.39 is 25.8 Å². The number of nitrogens with zero attached hydrogens (tertiary/aromatic N) is 1. The normalized spacial score (nSPS) is 11.3. The molecule has 0 aliphatic carbocycles. The molecule has 180 valence electrons. The minimum Gasteiger partial charge on any atom is -0.493 e. The van der Waals surface area contributed by atoms with E-state index in [0.29, 0.717) is 30.0 Å². The number of hydrogen-bond acceptors (Lipinski definition) is 7. The van der Waals surface area contributed by atoms with Gasteiger partial charge in [-0.05, 0) is 76.1 Å². The Bertz CT molecular complexity index is 1000. The van der Waals surface area contributed by atoms with Gasteiger partial charge in [0.25, 0.3) is 0 Å². The summed E-state index contributed by atoms with van der Waals surface area (Å²) in [5, 5.41) is 0. The van der Waals surface area contributed by atoms with E-state index in [4.69, 9.17) is 23.0 Å². The quantitative estimate of drug-likeness (QED) is 0.209. The van der Waals surface area contributed by atoms with E-state index in [2.05, 4.69) is 10.9 Å². The number of phosphoric ester groups is 1. The van der Waals surface area contributed by atoms with Gasteiger partial charge in [0, 0.05) is 11.4 Å². The highest BCUT2D eigenvalue weighted by molar-refractivity contribution is 7.48. The van der Waals surface area contributed by atoms with Gasteiger partial charge in [0.15, 0.2) is 17.3 Å². The van der Waals surface area contributed by atoms with Gasteiger partial charge in [0.05, 0.1) is 33.0 Å². The maximum Gasteiger partial charge on any atom is 0.531 e. The van der Waals surface area contributed by atoms with Gasteiger partial charge in [-0.2, -0.15) is 0 Å². The molecule has 0 amide bonds. The maximum atomic E-state index is 13.4. The molecule has 2 aromatic rings. The second-order valence-electron chi connectivity index (χ2n) is 7.62. The van der Waals surface area contributed by atoms with Gasteiger partial charge in [-0.1, -0.05) is 6.07 Å². The van der Waals surface area contributed by atoms with Gasteiger partial charge in [0.2, 0.25) is 0 Å². The molecule has 0 N–H and O–H groups in total. The van der Waals surface area contributed by atoms with Crippen LogP contribution in [0.1, 0.15) is 38.8 Å². The monoisotopic (exact) mass is 479 g/mol. The summed E-state index contributed by atoms with van der Waals surface area (Å²) in [5.74, 6) is 3.68. The van der Waals surface area contributed by atoms with Crippen molar-refractivity contribution < 1.29 is 32.0 Å². The van der Waals surface area contributed by atoms with E-state index in [9.17, 15) is 8.96 Å². The molecule has 0 spiro atoms. The summed E-state index contributed by atoms with van der Waals surface area (Å²) in [5.41, 5.74) is 1.42. The number of rotatable bonds is 12. The first-order valence-corrected chi connectivity index (χ1v) is 12.0. The van der Waals surface area contributed by atoms with E-state index in [1.807, 2.05) is 18.2 Å². The standard InChI is InChI=1S/C24H31FNO6P/c1-17(2)30-33(27,31-18(3)4)32-24(20-8-10-21(25)11-9-20)16-26-14-13-19-7-12-22(28-5)23(15-19)29-6/h7-12,15,17-18H,13-14H2,1-6H3. The predicted octanol–water partition coefficient (Wildman–Crippen LogP) is 6.07. The van der Waals surface area contributed by atoms with E-state index in [1.54, 1.807) is 41.9 Å². The van der Waals surface area contributed by atoms with Crippen LogP contribution >= 0.6 is 7.82 Å². The Kier molecular flexibility index (Phi) is 10.1. The van der Waals surface area contributed by atoms with Crippen LogP contribution in [0.2, 0.25) is 0 Å². The van der Waals surface area contributed by atoms with Crippen molar-refractivity contribution in [2.24, 2.45) is 4.99 Å². The van der Waals surface area contributed by atoms with Crippen LogP contribution in [0.3, 0.4) is 0 Å². The van der Waals surface area contributed by atoms with Crippen LogP contribution in [0.15, 0.2) is 47.5 Å². The summed E-state index contributed by atoms with van der Waals surface area (Å²) < 4.78 is 53.8. The summed E-state index contributed by atoms with van der Waals surface area (Å²) in [6.45, 7) is 7.25. The van der Waals surface area contributed by atoms with Crippen LogP contribution in [0, 0.1) is 5.82 Å². The Labute approximate surface area is 194 Å². The van der Waals surface area contributed by atoms with Crippen LogP contribution < -0.4 is 9.47 Å². The third-order valence-electron chi connectivity index (χ3n) is 4.13. The molecule has 0 radical (unpaired) electrons. The van der Waals surface area contributed by atoms with Gasteiger partial charge in [-0.3, -0.25) is 9.05 Å². The summed E-state index contributed by atoms with van der Waals surface area (Å²) in [4.78, 5) is 4.30. The summed E-state index contributed by atoms with van der Waals surface area (Å²) in [7, 11) is -0.823. The highest BCUT2D eigenvalue weighted by Gasteiger charge is 2.33. The van der Waals surface area contributed by atoms with Crippen molar-refractivity contribution in [3.05, 3.63) is 59.4 Å². The van der Waals surface area contributed by atoms with Gasteiger partial charge in [0.1, 0.15) is 5.82 Å². The second kappa shape index (κ2) is 12.6. The van der Waals surface area contributed by atoms with Crippen LogP contribution in [-0.4, -0.2) is 38.8 Å². The molecule has 0 heterocycles. The molecule has 0 saturated heterocycles. The molecule has 0 saturated carbocycles. The van der Waals surface area contributed by atoms with Gasteiger partial charge >= 0.3 is 7.82 Å². The SMILES string of the molecule is COc1ccc(CCN=C=C(OP(=O)(OC(C)C)OC(C)C)c2ccc(F)cc2)cc1OC. The first kappa shape index (κ1) is 26.6. The minimum atomic E-state index is -3.98. The fourth-order valence-corrected chi connectivity index (χ4v) is 4.32. The van der Waals surface area contributed by atoms with Gasteiger partial charge in [-0.15, -0.1) is 0 Å². The molecule has 2 rings (SSSR count). The van der Waals surface area contributed by atoms with Crippen LogP contribution in [-0.2, 0) is 24.6 Å². The molecule has 33 heavy (non-hydrogen) atoms. The highest BCUT2D eigenvalue weighted by atomic mass is 31.2. The first-order chi connectivity index (χ1) is 15.7. The number of phosphoric acid groups is 1. The van der Waals surface area contributed by atoms with E-state index in [-0.39, 0.29) is 5.76 Å². The lowest BCUT2D eigenvalue weighted by Crippen LogP contribution is -2.10. The molecule has 0 aromatic heterocycles. The van der Waals surface area contributed by atoms with Crippen LogP contribution in [0.4, 0.5) is 4.39 Å². The van der Waals surface area contributed by atoms with Crippen LogP contribution in [0.5, 0.6) is 11.5 Å². The zero-order chi connectivity index (χ0) is 24.4. The lowest BCUT2D eigenvalue weighted by Gasteiger charge is -2.22. The Morgan fingerprint density at radius 2 is 1.58 bits per heavy atom. The molecular formula is C24H31FNO6P. The second-order valence-corrected chi connectivity index (χ2v) is 9.11. The van der Waals surface area contributed by atoms with Crippen molar-refractivity contribution in [2.45, 2.75) is 46.3 Å². The molecule has 0 atom stereocenters. The van der Waals surface area contributed by atoms with Gasteiger partial charge in [-0.25, -0.2) is 13.9 Å². The van der Waals surface area contributed by atoms with Crippen molar-refractivity contribution in [2.75, 3.05) is 20.8 Å². The fraction of sp³-hybridized carbons (Fsp3) is 0.417. The highest BCUT2D eigenvalue weighted by Crippen LogP contribution is 2.54. The molecule has 2 aromatic carbocycles. The molecule has 9 heteroatoms. The number of aliphatic imine (C=N–C) groups is 1. The predicted molar refractivity (Wildman–Crippen MR) is 126 cm³/mol. The Morgan fingerprint density at radius 1 is 0.970 bits per heavy atom. The largest absolute Gasteiger partial charge is 0.531 e. The van der Waals surface area contributed by atoms with Crippen molar-refractivity contribution in [1.82, 2.24) is 0 Å². The zero-order valence-corrected chi connectivity index (χ0v) is 20.7. The smallest absolute Gasteiger partial charge is 0.493 e. The molecule has 0 fully saturated rings. The number of benzene rings is 2. The third kappa shape index (κ3) is 8.67. The van der Waals surface area contributed by atoms with Crippen molar-refractivity contribution in [3.8, 4) is 11.5 Å². The minimum absolute atomic E-state index is 0.0342. The average Bonchev–Trinajstić information content (AvgIpc) is 2.75. The maximum absolute atomic E-state index is 13.4. The molecule has 0 aliphatic heterocycles. The van der Waals surface area contributed by atoms with E-state index in [0.717, 1.165) is 5.56 Å². The third-order valence-corrected chi connectivity index (χ3v) is 5.90. The zero-order valence-electron chi connectivity index (χ0n) is 19.8. The molecule has 7 nitrogen and oxygen atoms in total. The first-order valence-electron chi connectivity index (χ1n) is 10.6. The lowest BCUT2D eigenvalue weighted by atomic mass is 10.1.